The highest BCUT2D eigenvalue weighted by atomic mass is 16.1. The summed E-state index contributed by atoms with van der Waals surface area (Å²) in [5, 5.41) is 3.40. The second-order valence-electron chi connectivity index (χ2n) is 9.06. The van der Waals surface area contributed by atoms with Gasteiger partial charge in [0.15, 0.2) is 11.6 Å². The molecular weight excluding hydrogens is 372 g/mol. The summed E-state index contributed by atoms with van der Waals surface area (Å²) >= 11 is 0. The Morgan fingerprint density at radius 1 is 1.13 bits per heavy atom. The number of ketones is 2. The van der Waals surface area contributed by atoms with Crippen LogP contribution in [0, 0.1) is 23.2 Å². The molecule has 4 atom stereocenters. The number of nitrogens with zero attached hydrogens (tertiary/aromatic N) is 1. The quantitative estimate of drug-likeness (QED) is 0.645. The molecule has 4 aliphatic rings. The lowest BCUT2D eigenvalue weighted by Crippen LogP contribution is -2.41. The van der Waals surface area contributed by atoms with Crippen LogP contribution in [0.2, 0.25) is 0 Å². The third-order valence-corrected chi connectivity index (χ3v) is 7.83. The zero-order valence-corrected chi connectivity index (χ0v) is 16.4. The Bertz CT molecular complexity index is 1390. The molecular formula is C26H20N2O2. The summed E-state index contributed by atoms with van der Waals surface area (Å²) in [6.45, 7) is 0.605. The number of H-pyrrole nitrogens is 1. The molecule has 2 heterocycles. The summed E-state index contributed by atoms with van der Waals surface area (Å²) < 4.78 is 0. The van der Waals surface area contributed by atoms with Crippen LogP contribution in [0.25, 0.3) is 21.7 Å². The topological polar surface area (TPSA) is 62.3 Å². The summed E-state index contributed by atoms with van der Waals surface area (Å²) in [4.78, 5) is 34.5. The van der Waals surface area contributed by atoms with Crippen molar-refractivity contribution in [1.82, 2.24) is 4.98 Å². The van der Waals surface area contributed by atoms with Crippen molar-refractivity contribution >= 4 is 39.0 Å². The number of hydrogen-bond acceptors (Lipinski definition) is 3. The molecule has 0 saturated heterocycles. The minimum absolute atomic E-state index is 0.119. The molecule has 1 aromatic heterocycles. The summed E-state index contributed by atoms with van der Waals surface area (Å²) in [7, 11) is 0. The number of benzene rings is 2. The zero-order chi connectivity index (χ0) is 20.0. The van der Waals surface area contributed by atoms with Crippen LogP contribution in [0.15, 0.2) is 71.3 Å². The number of fused-ring (bicyclic) bond motifs is 4. The first-order valence-corrected chi connectivity index (χ1v) is 10.7. The van der Waals surface area contributed by atoms with Gasteiger partial charge < -0.3 is 4.98 Å². The first-order valence-electron chi connectivity index (χ1n) is 10.7. The third-order valence-electron chi connectivity index (χ3n) is 7.83. The van der Waals surface area contributed by atoms with E-state index in [2.05, 4.69) is 40.3 Å². The largest absolute Gasteiger partial charge is 0.352 e. The molecule has 3 aliphatic carbocycles. The Labute approximate surface area is 173 Å². The lowest BCUT2D eigenvalue weighted by Gasteiger charge is -2.35. The molecule has 0 amide bonds. The number of allylic oxidation sites excluding steroid dienone is 4. The van der Waals surface area contributed by atoms with E-state index in [0.717, 1.165) is 22.7 Å². The van der Waals surface area contributed by atoms with Crippen molar-refractivity contribution in [2.45, 2.75) is 12.8 Å². The molecule has 2 fully saturated rings. The summed E-state index contributed by atoms with van der Waals surface area (Å²) in [5.74, 6) is 0.510. The Morgan fingerprint density at radius 2 is 2.03 bits per heavy atom. The van der Waals surface area contributed by atoms with Gasteiger partial charge in [-0.25, -0.2) is 0 Å². The highest BCUT2D eigenvalue weighted by Gasteiger charge is 2.77. The monoisotopic (exact) mass is 392 g/mol. The molecule has 0 bridgehead atoms. The molecule has 146 valence electrons. The van der Waals surface area contributed by atoms with Crippen LogP contribution >= 0.6 is 0 Å². The summed E-state index contributed by atoms with van der Waals surface area (Å²) in [6, 6.07) is 14.4. The van der Waals surface area contributed by atoms with Crippen molar-refractivity contribution in [1.29, 1.82) is 0 Å². The first-order chi connectivity index (χ1) is 14.7. The number of nitrogens with one attached hydrogen (secondary N) is 1. The second kappa shape index (κ2) is 5.45. The van der Waals surface area contributed by atoms with Crippen molar-refractivity contribution in [2.24, 2.45) is 28.2 Å². The average Bonchev–Trinajstić information content (AvgIpc) is 3.07. The van der Waals surface area contributed by atoms with Crippen LogP contribution in [-0.2, 0) is 4.79 Å². The lowest BCUT2D eigenvalue weighted by atomic mass is 9.66. The Morgan fingerprint density at radius 3 is 2.97 bits per heavy atom. The van der Waals surface area contributed by atoms with E-state index in [1.54, 1.807) is 0 Å². The summed E-state index contributed by atoms with van der Waals surface area (Å²) in [5.41, 5.74) is 3.15. The predicted molar refractivity (Wildman–Crippen MR) is 117 cm³/mol. The van der Waals surface area contributed by atoms with Crippen LogP contribution in [0.1, 0.15) is 23.3 Å². The Balaban J connectivity index is 1.33. The molecule has 4 unspecified atom stereocenters. The van der Waals surface area contributed by atoms with Crippen LogP contribution in [0.5, 0.6) is 0 Å². The molecule has 1 spiro atoms. The number of aromatic nitrogens is 1. The van der Waals surface area contributed by atoms with Gasteiger partial charge in [0.05, 0.1) is 11.4 Å². The van der Waals surface area contributed by atoms with E-state index in [0.29, 0.717) is 24.4 Å². The van der Waals surface area contributed by atoms with Crippen molar-refractivity contribution < 1.29 is 9.59 Å². The van der Waals surface area contributed by atoms with Crippen LogP contribution in [-0.4, -0.2) is 28.8 Å². The average molecular weight is 392 g/mol. The van der Waals surface area contributed by atoms with Gasteiger partial charge in [-0.3, -0.25) is 14.6 Å². The second-order valence-corrected chi connectivity index (χ2v) is 9.06. The smallest absolute Gasteiger partial charge is 0.183 e. The maximum absolute atomic E-state index is 13.7. The molecule has 3 aromatic rings. The fraction of sp³-hybridized carbons (Fsp3) is 0.269. The number of Topliss-reactive ketones (excluding diaryl/α,β-unsaturated/α-hetero) is 2. The van der Waals surface area contributed by atoms with E-state index >= 15 is 0 Å². The van der Waals surface area contributed by atoms with E-state index < -0.39 is 0 Å². The highest BCUT2D eigenvalue weighted by Crippen LogP contribution is 2.72. The molecule has 2 aromatic carbocycles. The fourth-order valence-electron chi connectivity index (χ4n) is 6.57. The van der Waals surface area contributed by atoms with E-state index in [1.165, 1.54) is 11.0 Å². The van der Waals surface area contributed by atoms with Crippen LogP contribution < -0.4 is 0 Å². The molecule has 1 N–H and O–H groups in total. The SMILES string of the molecule is O=C1CC2=CC=CCC2C23C1=NCC2C3C(=O)c1cc2c(ccc3ccccc32)[nH]1. The predicted octanol–water partition coefficient (Wildman–Crippen LogP) is 4.67. The standard InChI is InChI=1S/C26H20N2O2/c29-22-11-15-6-2-4-8-18(15)26-19(13-27-25(22)26)23(26)24(30)21-12-17-16-7-3-1-5-14(16)9-10-20(17)28-21/h1-7,9-10,12,18-19,23,28H,8,11,13H2. The Kier molecular flexibility index (Phi) is 3.00. The molecule has 30 heavy (non-hydrogen) atoms. The molecule has 4 heteroatoms. The zero-order valence-electron chi connectivity index (χ0n) is 16.4. The van der Waals surface area contributed by atoms with Gasteiger partial charge in [0, 0.05) is 41.1 Å². The number of carbonyl (C=O) groups excluding carboxylic acids is 2. The number of carbonyl (C=O) groups is 2. The van der Waals surface area contributed by atoms with Gasteiger partial charge in [0.2, 0.25) is 0 Å². The number of aliphatic imine (C=N–C) groups is 1. The third kappa shape index (κ3) is 1.85. The Hall–Kier alpha value is -3.27. The first kappa shape index (κ1) is 16.5. The highest BCUT2D eigenvalue weighted by molar-refractivity contribution is 6.45. The van der Waals surface area contributed by atoms with E-state index in [9.17, 15) is 9.59 Å². The fourth-order valence-corrected chi connectivity index (χ4v) is 6.57. The van der Waals surface area contributed by atoms with Crippen molar-refractivity contribution in [3.63, 3.8) is 0 Å². The van der Waals surface area contributed by atoms with E-state index in [-0.39, 0.29) is 34.7 Å². The molecule has 0 radical (unpaired) electrons. The summed E-state index contributed by atoms with van der Waals surface area (Å²) in [6.07, 6.45) is 7.66. The maximum Gasteiger partial charge on any atom is 0.183 e. The van der Waals surface area contributed by atoms with Crippen LogP contribution in [0.4, 0.5) is 0 Å². The van der Waals surface area contributed by atoms with Crippen molar-refractivity contribution in [2.75, 3.05) is 6.54 Å². The number of hydrogen-bond donors (Lipinski definition) is 1. The molecule has 7 rings (SSSR count). The van der Waals surface area contributed by atoms with E-state index in [4.69, 9.17) is 0 Å². The van der Waals surface area contributed by atoms with Crippen molar-refractivity contribution in [3.05, 3.63) is 72.0 Å². The van der Waals surface area contributed by atoms with Crippen molar-refractivity contribution in [3.8, 4) is 0 Å². The van der Waals surface area contributed by atoms with Crippen LogP contribution in [0.3, 0.4) is 0 Å². The maximum atomic E-state index is 13.7. The minimum Gasteiger partial charge on any atom is -0.352 e. The van der Waals surface area contributed by atoms with Gasteiger partial charge >= 0.3 is 0 Å². The molecule has 1 aliphatic heterocycles. The van der Waals surface area contributed by atoms with Gasteiger partial charge in [-0.05, 0) is 35.2 Å². The normalized spacial score (nSPS) is 31.2. The molecule has 4 nitrogen and oxygen atoms in total. The number of rotatable bonds is 2. The molecule has 2 saturated carbocycles. The minimum atomic E-state index is -0.373. The van der Waals surface area contributed by atoms with Gasteiger partial charge in [-0.2, -0.15) is 0 Å². The van der Waals surface area contributed by atoms with Gasteiger partial charge in [0.25, 0.3) is 0 Å². The van der Waals surface area contributed by atoms with Gasteiger partial charge in [-0.15, -0.1) is 0 Å². The number of aromatic amines is 1. The van der Waals surface area contributed by atoms with Gasteiger partial charge in [0.1, 0.15) is 0 Å². The van der Waals surface area contributed by atoms with E-state index in [1.807, 2.05) is 30.3 Å². The lowest BCUT2D eigenvalue weighted by molar-refractivity contribution is -0.113. The van der Waals surface area contributed by atoms with Gasteiger partial charge in [-0.1, -0.05) is 54.1 Å².